The third-order valence-electron chi connectivity index (χ3n) is 4.01. The van der Waals surface area contributed by atoms with E-state index in [1.54, 1.807) is 31.3 Å². The molecule has 7 heteroatoms. The molecule has 0 N–H and O–H groups in total. The summed E-state index contributed by atoms with van der Waals surface area (Å²) in [7, 11) is 1.63. The molecule has 0 saturated carbocycles. The highest BCUT2D eigenvalue weighted by Gasteiger charge is 2.14. The van der Waals surface area contributed by atoms with E-state index < -0.39 is 5.97 Å². The second-order valence-corrected chi connectivity index (χ2v) is 7.19. The predicted octanol–water partition coefficient (Wildman–Crippen LogP) is 2.66. The molecule has 0 amide bonds. The van der Waals surface area contributed by atoms with Crippen molar-refractivity contribution in [2.24, 2.45) is 7.05 Å². The predicted molar refractivity (Wildman–Crippen MR) is 99.7 cm³/mol. The standard InChI is InChI=1S/C19H18N2O4S/c1-12-7-8-16(26-12)15(22)11-25-18(23)10-9-17-20-14-6-4-3-5-13(14)19(24)21(17)2/h3-8H,9-11H2,1-2H3. The summed E-state index contributed by atoms with van der Waals surface area (Å²) in [6.07, 6.45) is 0.317. The molecule has 0 spiro atoms. The van der Waals surface area contributed by atoms with E-state index in [9.17, 15) is 14.4 Å². The second kappa shape index (κ2) is 7.61. The lowest BCUT2D eigenvalue weighted by atomic mass is 10.2. The molecule has 0 aliphatic heterocycles. The van der Waals surface area contributed by atoms with Crippen LogP contribution in [-0.4, -0.2) is 27.9 Å². The van der Waals surface area contributed by atoms with Crippen LogP contribution in [0.15, 0.2) is 41.2 Å². The molecule has 0 saturated heterocycles. The van der Waals surface area contributed by atoms with Crippen LogP contribution in [-0.2, 0) is 23.0 Å². The zero-order chi connectivity index (χ0) is 18.7. The number of carbonyl (C=O) groups excluding carboxylic acids is 2. The second-order valence-electron chi connectivity index (χ2n) is 5.90. The fraction of sp³-hybridized carbons (Fsp3) is 0.263. The van der Waals surface area contributed by atoms with Gasteiger partial charge in [-0.3, -0.25) is 19.0 Å². The van der Waals surface area contributed by atoms with Gasteiger partial charge < -0.3 is 4.74 Å². The van der Waals surface area contributed by atoms with Gasteiger partial charge in [0.15, 0.2) is 6.61 Å². The van der Waals surface area contributed by atoms with Gasteiger partial charge in [0, 0.05) is 18.3 Å². The molecule has 2 aromatic heterocycles. The van der Waals surface area contributed by atoms with Crippen molar-refractivity contribution in [3.05, 3.63) is 62.3 Å². The number of hydrogen-bond acceptors (Lipinski definition) is 6. The van der Waals surface area contributed by atoms with Gasteiger partial charge in [-0.2, -0.15) is 0 Å². The maximum absolute atomic E-state index is 12.3. The lowest BCUT2D eigenvalue weighted by Gasteiger charge is -2.09. The highest BCUT2D eigenvalue weighted by atomic mass is 32.1. The van der Waals surface area contributed by atoms with E-state index in [4.69, 9.17) is 4.74 Å². The van der Waals surface area contributed by atoms with Gasteiger partial charge in [-0.05, 0) is 31.2 Å². The Hall–Kier alpha value is -2.80. The average molecular weight is 370 g/mol. The van der Waals surface area contributed by atoms with E-state index >= 15 is 0 Å². The number of carbonyl (C=O) groups is 2. The lowest BCUT2D eigenvalue weighted by Crippen LogP contribution is -2.23. The van der Waals surface area contributed by atoms with Crippen LogP contribution in [0, 0.1) is 6.92 Å². The lowest BCUT2D eigenvalue weighted by molar-refractivity contribution is -0.142. The number of benzene rings is 1. The van der Waals surface area contributed by atoms with Crippen LogP contribution in [0.4, 0.5) is 0 Å². The van der Waals surface area contributed by atoms with E-state index in [0.717, 1.165) is 4.88 Å². The summed E-state index contributed by atoms with van der Waals surface area (Å²) in [5, 5.41) is 0.540. The number of hydrogen-bond donors (Lipinski definition) is 0. The zero-order valence-corrected chi connectivity index (χ0v) is 15.3. The summed E-state index contributed by atoms with van der Waals surface area (Å²) < 4.78 is 6.49. The number of aryl methyl sites for hydroxylation is 2. The molecule has 1 aromatic carbocycles. The van der Waals surface area contributed by atoms with Gasteiger partial charge in [-0.15, -0.1) is 11.3 Å². The van der Waals surface area contributed by atoms with Gasteiger partial charge in [-0.1, -0.05) is 12.1 Å². The van der Waals surface area contributed by atoms with Crippen LogP contribution in [0.25, 0.3) is 10.9 Å². The van der Waals surface area contributed by atoms with Gasteiger partial charge in [0.2, 0.25) is 5.78 Å². The highest BCUT2D eigenvalue weighted by Crippen LogP contribution is 2.15. The van der Waals surface area contributed by atoms with Gasteiger partial charge in [0.1, 0.15) is 5.82 Å². The minimum absolute atomic E-state index is 0.0510. The van der Waals surface area contributed by atoms with Crippen LogP contribution >= 0.6 is 11.3 Å². The number of esters is 1. The van der Waals surface area contributed by atoms with E-state index in [1.165, 1.54) is 15.9 Å². The average Bonchev–Trinajstić information content (AvgIpc) is 3.08. The minimum atomic E-state index is -0.492. The molecule has 3 rings (SSSR count). The van der Waals surface area contributed by atoms with E-state index in [0.29, 0.717) is 21.6 Å². The number of ketones is 1. The summed E-state index contributed by atoms with van der Waals surface area (Å²) in [6.45, 7) is 1.64. The van der Waals surface area contributed by atoms with Crippen LogP contribution in [0.1, 0.15) is 26.8 Å². The third-order valence-corrected chi connectivity index (χ3v) is 5.05. The maximum atomic E-state index is 12.3. The van der Waals surface area contributed by atoms with Crippen molar-refractivity contribution in [3.8, 4) is 0 Å². The first-order valence-corrected chi connectivity index (χ1v) is 8.97. The summed E-state index contributed by atoms with van der Waals surface area (Å²) in [5.41, 5.74) is 0.449. The summed E-state index contributed by atoms with van der Waals surface area (Å²) in [4.78, 5) is 42.3. The topological polar surface area (TPSA) is 78.3 Å². The highest BCUT2D eigenvalue weighted by molar-refractivity contribution is 7.14. The summed E-state index contributed by atoms with van der Waals surface area (Å²) in [6, 6.07) is 10.7. The van der Waals surface area contributed by atoms with Gasteiger partial charge in [0.05, 0.1) is 22.2 Å². The number of ether oxygens (including phenoxy) is 1. The normalized spacial score (nSPS) is 10.8. The zero-order valence-electron chi connectivity index (χ0n) is 14.5. The molecule has 2 heterocycles. The molecule has 0 radical (unpaired) electrons. The number of rotatable bonds is 6. The molecule has 3 aromatic rings. The van der Waals surface area contributed by atoms with Crippen molar-refractivity contribution in [1.29, 1.82) is 0 Å². The van der Waals surface area contributed by atoms with Crippen LogP contribution in [0.3, 0.4) is 0 Å². The number of nitrogens with zero attached hydrogens (tertiary/aromatic N) is 2. The molecule has 0 aliphatic rings. The van der Waals surface area contributed by atoms with Crippen molar-refractivity contribution in [3.63, 3.8) is 0 Å². The fourth-order valence-electron chi connectivity index (χ4n) is 2.58. The number of aromatic nitrogens is 2. The van der Waals surface area contributed by atoms with Crippen molar-refractivity contribution < 1.29 is 14.3 Å². The Labute approximate surface area is 154 Å². The minimum Gasteiger partial charge on any atom is -0.457 e. The van der Waals surface area contributed by atoms with E-state index in [2.05, 4.69) is 4.98 Å². The Morgan fingerprint density at radius 2 is 1.96 bits per heavy atom. The first kappa shape index (κ1) is 18.0. The van der Waals surface area contributed by atoms with E-state index in [-0.39, 0.29) is 30.8 Å². The molecule has 6 nitrogen and oxygen atoms in total. The molecule has 0 unspecified atom stereocenters. The number of fused-ring (bicyclic) bond motifs is 1. The van der Waals surface area contributed by atoms with Crippen LogP contribution in [0.5, 0.6) is 0 Å². The first-order valence-electron chi connectivity index (χ1n) is 8.15. The van der Waals surface area contributed by atoms with Gasteiger partial charge in [-0.25, -0.2) is 4.98 Å². The third kappa shape index (κ3) is 3.88. The Bertz CT molecular complexity index is 1040. The molecule has 0 aliphatic carbocycles. The fourth-order valence-corrected chi connectivity index (χ4v) is 3.37. The summed E-state index contributed by atoms with van der Waals surface area (Å²) in [5.74, 6) is -0.201. The first-order chi connectivity index (χ1) is 12.5. The van der Waals surface area contributed by atoms with Crippen molar-refractivity contribution in [1.82, 2.24) is 9.55 Å². The Morgan fingerprint density at radius 1 is 1.19 bits per heavy atom. The van der Waals surface area contributed by atoms with Crippen molar-refractivity contribution >= 4 is 34.0 Å². The molecule has 0 fully saturated rings. The van der Waals surface area contributed by atoms with Crippen LogP contribution in [0.2, 0.25) is 0 Å². The largest absolute Gasteiger partial charge is 0.457 e. The number of thiophene rings is 1. The Balaban J connectivity index is 1.61. The van der Waals surface area contributed by atoms with Gasteiger partial charge >= 0.3 is 5.97 Å². The molecule has 0 atom stereocenters. The molecular weight excluding hydrogens is 352 g/mol. The number of para-hydroxylation sites is 1. The van der Waals surface area contributed by atoms with Crippen molar-refractivity contribution in [2.45, 2.75) is 19.8 Å². The van der Waals surface area contributed by atoms with Crippen molar-refractivity contribution in [2.75, 3.05) is 6.61 Å². The Kier molecular flexibility index (Phi) is 5.27. The molecular formula is C19H18N2O4S. The van der Waals surface area contributed by atoms with E-state index in [1.807, 2.05) is 19.1 Å². The summed E-state index contributed by atoms with van der Waals surface area (Å²) >= 11 is 1.37. The molecule has 26 heavy (non-hydrogen) atoms. The van der Waals surface area contributed by atoms with Gasteiger partial charge in [0.25, 0.3) is 5.56 Å². The monoisotopic (exact) mass is 370 g/mol. The SMILES string of the molecule is Cc1ccc(C(=O)COC(=O)CCc2nc3ccccc3c(=O)n2C)s1. The molecule has 134 valence electrons. The van der Waals surface area contributed by atoms with Crippen LogP contribution < -0.4 is 5.56 Å². The quantitative estimate of drug-likeness (QED) is 0.492. The maximum Gasteiger partial charge on any atom is 0.306 e. The smallest absolute Gasteiger partial charge is 0.306 e. The Morgan fingerprint density at radius 3 is 2.69 bits per heavy atom. The number of Topliss-reactive ketones (excluding diaryl/α,β-unsaturated/α-hetero) is 1. The molecule has 0 bridgehead atoms.